The number of ether oxygens (including phenoxy) is 1. The Kier molecular flexibility index (Phi) is 2.67. The maximum absolute atomic E-state index is 11.4. The summed E-state index contributed by atoms with van der Waals surface area (Å²) in [5.74, 6) is -0.283. The first kappa shape index (κ1) is 9.71. The highest BCUT2D eigenvalue weighted by Crippen LogP contribution is 2.20. The van der Waals surface area contributed by atoms with Gasteiger partial charge < -0.3 is 10.1 Å². The zero-order chi connectivity index (χ0) is 10.7. The van der Waals surface area contributed by atoms with Gasteiger partial charge in [0, 0.05) is 5.69 Å². The predicted octanol–water partition coefficient (Wildman–Crippen LogP) is 1.82. The molecule has 4 nitrogen and oxygen atoms in total. The van der Waals surface area contributed by atoms with E-state index >= 15 is 0 Å². The summed E-state index contributed by atoms with van der Waals surface area (Å²) < 4.78 is 4.92. The molecule has 0 atom stereocenters. The van der Waals surface area contributed by atoms with Crippen LogP contribution in [0.25, 0.3) is 0 Å². The lowest BCUT2D eigenvalue weighted by Crippen LogP contribution is -2.09. The predicted molar refractivity (Wildman–Crippen MR) is 58.2 cm³/mol. The topological polar surface area (TPSA) is 50.7 Å². The van der Waals surface area contributed by atoms with E-state index in [1.54, 1.807) is 19.3 Å². The van der Waals surface area contributed by atoms with Crippen molar-refractivity contribution in [3.63, 3.8) is 0 Å². The summed E-state index contributed by atoms with van der Waals surface area (Å²) in [7, 11) is 0. The average molecular weight is 204 g/mol. The fraction of sp³-hybridized carbons (Fsp3) is 0.273. The fourth-order valence-corrected chi connectivity index (χ4v) is 1.47. The van der Waals surface area contributed by atoms with Gasteiger partial charge in [0.05, 0.1) is 25.1 Å². The van der Waals surface area contributed by atoms with Gasteiger partial charge in [0.2, 0.25) is 0 Å². The van der Waals surface area contributed by atoms with Gasteiger partial charge in [-0.25, -0.2) is 4.79 Å². The highest BCUT2D eigenvalue weighted by molar-refractivity contribution is 5.91. The Labute approximate surface area is 88.0 Å². The molecule has 0 saturated carbocycles. The van der Waals surface area contributed by atoms with Gasteiger partial charge in [-0.15, -0.1) is 0 Å². The molecule has 0 saturated heterocycles. The van der Waals surface area contributed by atoms with Gasteiger partial charge in [-0.3, -0.25) is 4.99 Å². The van der Waals surface area contributed by atoms with E-state index in [1.807, 2.05) is 12.1 Å². The van der Waals surface area contributed by atoms with Crippen LogP contribution in [0.4, 0.5) is 5.69 Å². The lowest BCUT2D eigenvalue weighted by molar-refractivity contribution is 0.0526. The van der Waals surface area contributed by atoms with Crippen LogP contribution in [0, 0.1) is 0 Å². The molecule has 1 heterocycles. The molecule has 1 aliphatic rings. The molecular formula is C11H12N2O2. The number of rotatable bonds is 2. The van der Waals surface area contributed by atoms with E-state index in [4.69, 9.17) is 4.74 Å². The summed E-state index contributed by atoms with van der Waals surface area (Å²) in [6.45, 7) is 2.80. The van der Waals surface area contributed by atoms with Crippen molar-refractivity contribution in [2.24, 2.45) is 4.99 Å². The van der Waals surface area contributed by atoms with Gasteiger partial charge in [-0.1, -0.05) is 0 Å². The Hall–Kier alpha value is -1.84. The van der Waals surface area contributed by atoms with Crippen LogP contribution in [0.5, 0.6) is 0 Å². The minimum Gasteiger partial charge on any atom is -0.462 e. The first-order valence-electron chi connectivity index (χ1n) is 4.86. The number of fused-ring (bicyclic) bond motifs is 1. The molecule has 1 aromatic rings. The smallest absolute Gasteiger partial charge is 0.338 e. The minimum absolute atomic E-state index is 0.283. The molecule has 0 radical (unpaired) electrons. The Morgan fingerprint density at radius 3 is 3.27 bits per heavy atom. The highest BCUT2D eigenvalue weighted by atomic mass is 16.5. The number of aliphatic imine (C=N–C) groups is 1. The van der Waals surface area contributed by atoms with Crippen LogP contribution in [0.15, 0.2) is 23.2 Å². The Morgan fingerprint density at radius 2 is 2.47 bits per heavy atom. The van der Waals surface area contributed by atoms with Gasteiger partial charge in [0.25, 0.3) is 0 Å². The van der Waals surface area contributed by atoms with E-state index in [1.165, 1.54) is 0 Å². The lowest BCUT2D eigenvalue weighted by atomic mass is 10.1. The van der Waals surface area contributed by atoms with Crippen LogP contribution >= 0.6 is 0 Å². The van der Waals surface area contributed by atoms with Crippen LogP contribution in [-0.4, -0.2) is 18.9 Å². The number of carbonyl (C=O) groups excluding carboxylic acids is 1. The maximum Gasteiger partial charge on any atom is 0.338 e. The molecule has 1 aromatic carbocycles. The SMILES string of the molecule is CCOC(=O)c1ccc2c(c1)CN=CN2. The Bertz CT molecular complexity index is 413. The molecular weight excluding hydrogens is 192 g/mol. The number of nitrogens with one attached hydrogen (secondary N) is 1. The third kappa shape index (κ3) is 1.98. The van der Waals surface area contributed by atoms with Crippen LogP contribution in [0.3, 0.4) is 0 Å². The molecule has 0 unspecified atom stereocenters. The third-order valence-corrected chi connectivity index (χ3v) is 2.19. The molecule has 2 rings (SSSR count). The van der Waals surface area contributed by atoms with Gasteiger partial charge >= 0.3 is 5.97 Å². The zero-order valence-electron chi connectivity index (χ0n) is 8.49. The Balaban J connectivity index is 2.26. The van der Waals surface area contributed by atoms with E-state index in [9.17, 15) is 4.79 Å². The number of hydrogen-bond donors (Lipinski definition) is 1. The Morgan fingerprint density at radius 1 is 1.60 bits per heavy atom. The van der Waals surface area contributed by atoms with Gasteiger partial charge in [0.1, 0.15) is 0 Å². The second kappa shape index (κ2) is 4.13. The van der Waals surface area contributed by atoms with Crippen LogP contribution in [-0.2, 0) is 11.3 Å². The van der Waals surface area contributed by atoms with Crippen molar-refractivity contribution in [2.45, 2.75) is 13.5 Å². The molecule has 0 fully saturated rings. The first-order valence-corrected chi connectivity index (χ1v) is 4.86. The summed E-state index contributed by atoms with van der Waals surface area (Å²) in [6, 6.07) is 5.44. The molecule has 4 heteroatoms. The van der Waals surface area contributed by atoms with E-state index in [2.05, 4.69) is 10.3 Å². The second-order valence-corrected chi connectivity index (χ2v) is 3.21. The van der Waals surface area contributed by atoms with E-state index in [-0.39, 0.29) is 5.97 Å². The molecule has 78 valence electrons. The fourth-order valence-electron chi connectivity index (χ4n) is 1.47. The van der Waals surface area contributed by atoms with Crippen molar-refractivity contribution < 1.29 is 9.53 Å². The number of hydrogen-bond acceptors (Lipinski definition) is 4. The van der Waals surface area contributed by atoms with Crippen molar-refractivity contribution in [3.05, 3.63) is 29.3 Å². The van der Waals surface area contributed by atoms with E-state index in [0.29, 0.717) is 18.7 Å². The van der Waals surface area contributed by atoms with E-state index < -0.39 is 0 Å². The molecule has 0 aliphatic carbocycles. The van der Waals surface area contributed by atoms with Crippen molar-refractivity contribution in [1.29, 1.82) is 0 Å². The van der Waals surface area contributed by atoms with Crippen molar-refractivity contribution in [3.8, 4) is 0 Å². The summed E-state index contributed by atoms with van der Waals surface area (Å²) in [5.41, 5.74) is 2.59. The zero-order valence-corrected chi connectivity index (χ0v) is 8.49. The number of nitrogens with zero attached hydrogens (tertiary/aromatic N) is 1. The molecule has 0 bridgehead atoms. The van der Waals surface area contributed by atoms with Gasteiger partial charge in [-0.05, 0) is 30.7 Å². The normalized spacial score (nSPS) is 12.9. The molecule has 0 aromatic heterocycles. The monoisotopic (exact) mass is 204 g/mol. The number of carbonyl (C=O) groups is 1. The third-order valence-electron chi connectivity index (χ3n) is 2.19. The number of anilines is 1. The summed E-state index contributed by atoms with van der Waals surface area (Å²) in [5, 5.41) is 3.02. The summed E-state index contributed by atoms with van der Waals surface area (Å²) in [4.78, 5) is 15.5. The maximum atomic E-state index is 11.4. The van der Waals surface area contributed by atoms with Gasteiger partial charge in [0.15, 0.2) is 0 Å². The van der Waals surface area contributed by atoms with Crippen molar-refractivity contribution in [2.75, 3.05) is 11.9 Å². The lowest BCUT2D eigenvalue weighted by Gasteiger charge is -2.12. The van der Waals surface area contributed by atoms with Gasteiger partial charge in [-0.2, -0.15) is 0 Å². The van der Waals surface area contributed by atoms with Crippen LogP contribution < -0.4 is 5.32 Å². The largest absolute Gasteiger partial charge is 0.462 e. The van der Waals surface area contributed by atoms with Crippen molar-refractivity contribution in [1.82, 2.24) is 0 Å². The minimum atomic E-state index is -0.283. The standard InChI is InChI=1S/C11H12N2O2/c1-2-15-11(14)8-3-4-10-9(5-8)6-12-7-13-10/h3-5,7H,2,6H2,1H3,(H,12,13). The average Bonchev–Trinajstić information content (AvgIpc) is 2.29. The molecule has 1 N–H and O–H groups in total. The summed E-state index contributed by atoms with van der Waals surface area (Å²) >= 11 is 0. The van der Waals surface area contributed by atoms with Crippen LogP contribution in [0.1, 0.15) is 22.8 Å². The first-order chi connectivity index (χ1) is 7.31. The highest BCUT2D eigenvalue weighted by Gasteiger charge is 2.11. The molecule has 0 spiro atoms. The van der Waals surface area contributed by atoms with Crippen LogP contribution in [0.2, 0.25) is 0 Å². The molecule has 15 heavy (non-hydrogen) atoms. The molecule has 1 aliphatic heterocycles. The number of esters is 1. The summed E-state index contributed by atoms with van der Waals surface area (Å²) in [6.07, 6.45) is 1.66. The second-order valence-electron chi connectivity index (χ2n) is 3.21. The van der Waals surface area contributed by atoms with Crippen molar-refractivity contribution >= 4 is 18.0 Å². The number of benzene rings is 1. The van der Waals surface area contributed by atoms with E-state index in [0.717, 1.165) is 11.3 Å². The molecule has 0 amide bonds. The quantitative estimate of drug-likeness (QED) is 0.747.